The Hall–Kier alpha value is 0.314. The van der Waals surface area contributed by atoms with Gasteiger partial charge in [0, 0.05) is 0 Å². The second-order valence-electron chi connectivity index (χ2n) is 2.19. The van der Waals surface area contributed by atoms with Crippen LogP contribution in [0.4, 0.5) is 5.69 Å². The molecule has 0 unspecified atom stereocenters. The van der Waals surface area contributed by atoms with Crippen LogP contribution in [0.3, 0.4) is 0 Å². The van der Waals surface area contributed by atoms with E-state index in [0.29, 0.717) is 0 Å². The van der Waals surface area contributed by atoms with Crippen molar-refractivity contribution in [3.63, 3.8) is 0 Å². The van der Waals surface area contributed by atoms with Gasteiger partial charge in [0.05, 0.1) is 0 Å². The van der Waals surface area contributed by atoms with Crippen LogP contribution in [0.25, 0.3) is 0 Å². The van der Waals surface area contributed by atoms with Gasteiger partial charge in [-0.3, -0.25) is 0 Å². The molecular formula is C7H7Cl2NTi. The van der Waals surface area contributed by atoms with E-state index in [4.69, 9.17) is 18.6 Å². The van der Waals surface area contributed by atoms with Crippen molar-refractivity contribution < 1.29 is 15.6 Å². The Labute approximate surface area is 79.8 Å². The zero-order valence-electron chi connectivity index (χ0n) is 6.01. The molecule has 58 valence electrons. The monoisotopic (exact) mass is 223 g/mol. The molecule has 0 amide bonds. The Balaban J connectivity index is 2.91. The summed E-state index contributed by atoms with van der Waals surface area (Å²) in [7, 11) is 11.2. The van der Waals surface area contributed by atoms with Crippen LogP contribution in [-0.2, 0) is 15.6 Å². The van der Waals surface area contributed by atoms with E-state index in [1.807, 2.05) is 31.2 Å². The zero-order valence-corrected chi connectivity index (χ0v) is 9.09. The minimum absolute atomic E-state index is 0.885. The minimum atomic E-state index is -2.08. The normalized spacial score (nSPS) is 9.36. The quantitative estimate of drug-likeness (QED) is 0.644. The number of aryl methyl sites for hydroxylation is 1. The molecule has 1 rings (SSSR count). The van der Waals surface area contributed by atoms with Crippen molar-refractivity contribution in [3.05, 3.63) is 29.8 Å². The van der Waals surface area contributed by atoms with Gasteiger partial charge in [-0.15, -0.1) is 0 Å². The first-order valence-corrected chi connectivity index (χ1v) is 8.14. The van der Waals surface area contributed by atoms with Gasteiger partial charge in [-0.25, -0.2) is 0 Å². The molecule has 1 aromatic carbocycles. The van der Waals surface area contributed by atoms with E-state index in [-0.39, 0.29) is 0 Å². The molecule has 0 saturated carbocycles. The third kappa shape index (κ3) is 3.48. The van der Waals surface area contributed by atoms with Crippen molar-refractivity contribution in [3.8, 4) is 0 Å². The Bertz CT molecular complexity index is 264. The summed E-state index contributed by atoms with van der Waals surface area (Å²) >= 11 is -2.08. The SMILES string of the molecule is Cc1ccc([N]=[Ti]([Cl])[Cl])cc1. The molecule has 0 aliphatic heterocycles. The summed E-state index contributed by atoms with van der Waals surface area (Å²) in [6.45, 7) is 2.03. The van der Waals surface area contributed by atoms with Gasteiger partial charge in [-0.05, 0) is 0 Å². The molecule has 11 heavy (non-hydrogen) atoms. The second kappa shape index (κ2) is 4.37. The summed E-state index contributed by atoms with van der Waals surface area (Å²) in [5.74, 6) is 0. The number of halogens is 2. The van der Waals surface area contributed by atoms with Gasteiger partial charge in [0.15, 0.2) is 0 Å². The maximum atomic E-state index is 5.62. The average Bonchev–Trinajstić information content (AvgIpc) is 1.93. The van der Waals surface area contributed by atoms with Crippen molar-refractivity contribution in [1.29, 1.82) is 0 Å². The molecule has 0 aromatic heterocycles. The Morgan fingerprint density at radius 1 is 1.18 bits per heavy atom. The number of nitrogens with zero attached hydrogens (tertiary/aromatic N) is 1. The van der Waals surface area contributed by atoms with Crippen molar-refractivity contribution in [2.75, 3.05) is 0 Å². The molecule has 0 bridgehead atoms. The number of benzene rings is 1. The molecular weight excluding hydrogens is 217 g/mol. The first kappa shape index (κ1) is 9.40. The second-order valence-corrected chi connectivity index (χ2v) is 7.04. The van der Waals surface area contributed by atoms with Gasteiger partial charge in [0.1, 0.15) is 0 Å². The van der Waals surface area contributed by atoms with Crippen molar-refractivity contribution in [2.24, 2.45) is 3.42 Å². The van der Waals surface area contributed by atoms with Crippen molar-refractivity contribution >= 4 is 24.3 Å². The average molecular weight is 224 g/mol. The van der Waals surface area contributed by atoms with E-state index in [0.717, 1.165) is 5.69 Å². The Morgan fingerprint density at radius 2 is 1.73 bits per heavy atom. The van der Waals surface area contributed by atoms with Crippen LogP contribution in [-0.4, -0.2) is 0 Å². The summed E-state index contributed by atoms with van der Waals surface area (Å²) in [5, 5.41) is 0. The number of hydrogen-bond donors (Lipinski definition) is 0. The summed E-state index contributed by atoms with van der Waals surface area (Å²) in [6.07, 6.45) is 0. The Morgan fingerprint density at radius 3 is 2.18 bits per heavy atom. The summed E-state index contributed by atoms with van der Waals surface area (Å²) < 4.78 is 4.10. The van der Waals surface area contributed by atoms with E-state index in [2.05, 4.69) is 3.42 Å². The van der Waals surface area contributed by atoms with Gasteiger partial charge >= 0.3 is 80.0 Å². The molecule has 0 atom stereocenters. The van der Waals surface area contributed by atoms with Crippen LogP contribution in [0.15, 0.2) is 27.7 Å². The third-order valence-electron chi connectivity index (χ3n) is 1.25. The fourth-order valence-electron chi connectivity index (χ4n) is 0.717. The van der Waals surface area contributed by atoms with Crippen LogP contribution < -0.4 is 0 Å². The predicted octanol–water partition coefficient (Wildman–Crippen LogP) is 3.74. The fourth-order valence-corrected chi connectivity index (χ4v) is 2.06. The standard InChI is InChI=1S/C7H7N.2ClH.Ti/c1-6-2-4-7(8)5-3-6;;;/h2-5H,1H3;2*1H;/q;;;+2/p-2. The van der Waals surface area contributed by atoms with Crippen LogP contribution in [0, 0.1) is 6.92 Å². The molecule has 0 fully saturated rings. The topological polar surface area (TPSA) is 12.4 Å². The molecule has 0 radical (unpaired) electrons. The van der Waals surface area contributed by atoms with E-state index in [1.165, 1.54) is 5.56 Å². The summed E-state index contributed by atoms with van der Waals surface area (Å²) in [6, 6.07) is 7.84. The van der Waals surface area contributed by atoms with Gasteiger partial charge < -0.3 is 0 Å². The fraction of sp³-hybridized carbons (Fsp3) is 0.143. The predicted molar refractivity (Wildman–Crippen MR) is 45.0 cm³/mol. The Kier molecular flexibility index (Phi) is 3.73. The molecule has 1 aromatic rings. The van der Waals surface area contributed by atoms with Crippen LogP contribution in [0.1, 0.15) is 5.56 Å². The van der Waals surface area contributed by atoms with E-state index < -0.39 is 15.6 Å². The first-order chi connectivity index (χ1) is 5.18. The first-order valence-electron chi connectivity index (χ1n) is 3.15. The molecule has 0 heterocycles. The van der Waals surface area contributed by atoms with Gasteiger partial charge in [0.25, 0.3) is 0 Å². The van der Waals surface area contributed by atoms with E-state index >= 15 is 0 Å². The van der Waals surface area contributed by atoms with Crippen molar-refractivity contribution in [1.82, 2.24) is 0 Å². The molecule has 0 aliphatic carbocycles. The van der Waals surface area contributed by atoms with Crippen LogP contribution >= 0.6 is 18.6 Å². The van der Waals surface area contributed by atoms with E-state index in [1.54, 1.807) is 0 Å². The zero-order chi connectivity index (χ0) is 8.27. The maximum absolute atomic E-state index is 5.62. The van der Waals surface area contributed by atoms with Gasteiger partial charge in [-0.2, -0.15) is 0 Å². The third-order valence-corrected chi connectivity index (χ3v) is 2.61. The molecule has 0 aliphatic rings. The van der Waals surface area contributed by atoms with Crippen LogP contribution in [0.2, 0.25) is 0 Å². The molecule has 0 spiro atoms. The van der Waals surface area contributed by atoms with Crippen LogP contribution in [0.5, 0.6) is 0 Å². The molecule has 1 nitrogen and oxygen atoms in total. The van der Waals surface area contributed by atoms with E-state index in [9.17, 15) is 0 Å². The molecule has 0 saturated heterocycles. The van der Waals surface area contributed by atoms with Gasteiger partial charge in [-0.1, -0.05) is 0 Å². The summed E-state index contributed by atoms with van der Waals surface area (Å²) in [4.78, 5) is 0. The summed E-state index contributed by atoms with van der Waals surface area (Å²) in [5.41, 5.74) is 2.10. The van der Waals surface area contributed by atoms with Crippen molar-refractivity contribution in [2.45, 2.75) is 6.92 Å². The molecule has 4 heteroatoms. The number of hydrogen-bond acceptors (Lipinski definition) is 1. The number of rotatable bonds is 1. The molecule has 0 N–H and O–H groups in total. The van der Waals surface area contributed by atoms with Gasteiger partial charge in [0.2, 0.25) is 0 Å².